The quantitative estimate of drug-likeness (QED) is 0.389. The van der Waals surface area contributed by atoms with E-state index in [1.165, 1.54) is 5.56 Å². The first-order valence-electron chi connectivity index (χ1n) is 9.69. The summed E-state index contributed by atoms with van der Waals surface area (Å²) in [7, 11) is 1.83. The van der Waals surface area contributed by atoms with Crippen LogP contribution in [0.5, 0.6) is 0 Å². The zero-order chi connectivity index (χ0) is 19.6. The molecule has 27 heavy (non-hydrogen) atoms. The summed E-state index contributed by atoms with van der Waals surface area (Å²) in [5, 5.41) is 6.43. The van der Waals surface area contributed by atoms with E-state index in [9.17, 15) is 4.79 Å². The molecule has 1 fully saturated rings. The summed E-state index contributed by atoms with van der Waals surface area (Å²) < 4.78 is 1.13. The maximum atomic E-state index is 11.9. The fourth-order valence-corrected chi connectivity index (χ4v) is 3.65. The van der Waals surface area contributed by atoms with Crippen molar-refractivity contribution in [2.45, 2.75) is 32.7 Å². The van der Waals surface area contributed by atoms with Crippen LogP contribution < -0.4 is 10.6 Å². The molecule has 0 atom stereocenters. The highest BCUT2D eigenvalue weighted by Gasteiger charge is 2.21. The number of aliphatic imine (C=N–C) groups is 1. The van der Waals surface area contributed by atoms with Crippen LogP contribution in [0.1, 0.15) is 25.8 Å². The lowest BCUT2D eigenvalue weighted by Gasteiger charge is -2.36. The molecule has 1 saturated heterocycles. The predicted octanol–water partition coefficient (Wildman–Crippen LogP) is 2.10. The number of halogens is 1. The molecule has 0 saturated carbocycles. The van der Waals surface area contributed by atoms with Gasteiger partial charge in [0.1, 0.15) is 0 Å². The number of amides is 1. The number of nitrogens with one attached hydrogen (secondary N) is 2. The molecule has 1 aromatic carbocycles. The average molecular weight is 438 g/mol. The number of aryl methyl sites for hydroxylation is 1. The zero-order valence-electron chi connectivity index (χ0n) is 16.7. The van der Waals surface area contributed by atoms with Crippen molar-refractivity contribution < 1.29 is 4.79 Å². The molecule has 0 spiro atoms. The summed E-state index contributed by atoms with van der Waals surface area (Å²) in [6.45, 7) is 8.89. The molecule has 2 N–H and O–H groups in total. The number of guanidine groups is 1. The highest BCUT2D eigenvalue weighted by atomic mass is 79.9. The molecule has 2 rings (SSSR count). The van der Waals surface area contributed by atoms with Crippen LogP contribution in [0.2, 0.25) is 0 Å². The van der Waals surface area contributed by atoms with E-state index in [1.807, 2.05) is 20.9 Å². The van der Waals surface area contributed by atoms with Crippen LogP contribution in [0.25, 0.3) is 0 Å². The van der Waals surface area contributed by atoms with Gasteiger partial charge in [0.2, 0.25) is 5.91 Å². The Balaban J connectivity index is 1.68. The standard InChI is InChI=1S/C20H32BrN5O/c1-16(2)24-19(27)15-25-10-12-26(13-11-25)20(22-3)23-9-5-7-17-6-4-8-18(21)14-17/h4,6,8,14,16H,5,7,9-13,15H2,1-3H3,(H,22,23)(H,24,27). The van der Waals surface area contributed by atoms with Crippen molar-refractivity contribution in [2.75, 3.05) is 46.3 Å². The first-order valence-corrected chi connectivity index (χ1v) is 10.5. The van der Waals surface area contributed by atoms with Crippen LogP contribution in [-0.4, -0.2) is 74.0 Å². The summed E-state index contributed by atoms with van der Waals surface area (Å²) in [6.07, 6.45) is 2.10. The Hall–Kier alpha value is -1.60. The van der Waals surface area contributed by atoms with Crippen LogP contribution in [0, 0.1) is 0 Å². The van der Waals surface area contributed by atoms with E-state index in [-0.39, 0.29) is 11.9 Å². The number of hydrogen-bond donors (Lipinski definition) is 2. The number of benzene rings is 1. The van der Waals surface area contributed by atoms with Crippen LogP contribution in [0.15, 0.2) is 33.7 Å². The Morgan fingerprint density at radius 2 is 2.00 bits per heavy atom. The molecule has 150 valence electrons. The molecule has 0 aliphatic carbocycles. The topological polar surface area (TPSA) is 60.0 Å². The lowest BCUT2D eigenvalue weighted by atomic mass is 10.1. The molecule has 1 aliphatic heterocycles. The predicted molar refractivity (Wildman–Crippen MR) is 115 cm³/mol. The molecule has 0 unspecified atom stereocenters. The van der Waals surface area contributed by atoms with Gasteiger partial charge in [0.15, 0.2) is 5.96 Å². The molecule has 0 aromatic heterocycles. The fraction of sp³-hybridized carbons (Fsp3) is 0.600. The molecule has 7 heteroatoms. The van der Waals surface area contributed by atoms with E-state index in [0.717, 1.165) is 56.0 Å². The molecule has 1 aliphatic rings. The van der Waals surface area contributed by atoms with Crippen molar-refractivity contribution in [2.24, 2.45) is 4.99 Å². The van der Waals surface area contributed by atoms with Gasteiger partial charge in [-0.1, -0.05) is 28.1 Å². The summed E-state index contributed by atoms with van der Waals surface area (Å²) >= 11 is 3.52. The maximum Gasteiger partial charge on any atom is 0.234 e. The SMILES string of the molecule is CN=C(NCCCc1cccc(Br)c1)N1CCN(CC(=O)NC(C)C)CC1. The second-order valence-electron chi connectivity index (χ2n) is 7.19. The first-order chi connectivity index (χ1) is 13.0. The number of carbonyl (C=O) groups excluding carboxylic acids is 1. The molecule has 1 amide bonds. The lowest BCUT2D eigenvalue weighted by Crippen LogP contribution is -2.54. The number of carbonyl (C=O) groups is 1. The molecule has 6 nitrogen and oxygen atoms in total. The van der Waals surface area contributed by atoms with E-state index in [0.29, 0.717) is 6.54 Å². The van der Waals surface area contributed by atoms with Crippen LogP contribution in [-0.2, 0) is 11.2 Å². The van der Waals surface area contributed by atoms with Gasteiger partial charge in [-0.25, -0.2) is 0 Å². The zero-order valence-corrected chi connectivity index (χ0v) is 18.3. The summed E-state index contributed by atoms with van der Waals surface area (Å²) in [5.41, 5.74) is 1.34. The summed E-state index contributed by atoms with van der Waals surface area (Å²) in [6, 6.07) is 8.65. The van der Waals surface area contributed by atoms with Crippen molar-refractivity contribution >= 4 is 27.8 Å². The smallest absolute Gasteiger partial charge is 0.234 e. The monoisotopic (exact) mass is 437 g/mol. The van der Waals surface area contributed by atoms with Gasteiger partial charge in [0, 0.05) is 50.3 Å². The molecule has 0 bridgehead atoms. The van der Waals surface area contributed by atoms with Crippen molar-refractivity contribution in [3.8, 4) is 0 Å². The average Bonchev–Trinajstić information content (AvgIpc) is 2.62. The minimum absolute atomic E-state index is 0.105. The van der Waals surface area contributed by atoms with Gasteiger partial charge in [-0.05, 0) is 44.4 Å². The number of rotatable bonds is 7. The Labute approximate surface area is 171 Å². The Bertz CT molecular complexity index is 627. The second-order valence-corrected chi connectivity index (χ2v) is 8.11. The van der Waals surface area contributed by atoms with Crippen LogP contribution in [0.3, 0.4) is 0 Å². The fourth-order valence-electron chi connectivity index (χ4n) is 3.21. The van der Waals surface area contributed by atoms with Gasteiger partial charge in [0.05, 0.1) is 6.54 Å². The minimum Gasteiger partial charge on any atom is -0.356 e. The Morgan fingerprint density at radius 3 is 2.63 bits per heavy atom. The first kappa shape index (κ1) is 21.7. The van der Waals surface area contributed by atoms with Crippen LogP contribution >= 0.6 is 15.9 Å². The van der Waals surface area contributed by atoms with Gasteiger partial charge in [-0.2, -0.15) is 0 Å². The third kappa shape index (κ3) is 7.89. The van der Waals surface area contributed by atoms with Gasteiger partial charge in [-0.15, -0.1) is 0 Å². The second kappa shape index (κ2) is 11.3. The van der Waals surface area contributed by atoms with Gasteiger partial charge in [0.25, 0.3) is 0 Å². The van der Waals surface area contributed by atoms with Gasteiger partial charge in [-0.3, -0.25) is 14.7 Å². The summed E-state index contributed by atoms with van der Waals surface area (Å²) in [4.78, 5) is 20.8. The Kier molecular flexibility index (Phi) is 9.07. The van der Waals surface area contributed by atoms with Crippen molar-refractivity contribution in [3.05, 3.63) is 34.3 Å². The van der Waals surface area contributed by atoms with E-state index in [4.69, 9.17) is 0 Å². The van der Waals surface area contributed by atoms with E-state index in [1.54, 1.807) is 0 Å². The van der Waals surface area contributed by atoms with E-state index < -0.39 is 0 Å². The lowest BCUT2D eigenvalue weighted by molar-refractivity contribution is -0.123. The molecular weight excluding hydrogens is 406 g/mol. The van der Waals surface area contributed by atoms with E-state index >= 15 is 0 Å². The molecular formula is C20H32BrN5O. The van der Waals surface area contributed by atoms with Crippen molar-refractivity contribution in [3.63, 3.8) is 0 Å². The molecule has 1 aromatic rings. The normalized spacial score (nSPS) is 15.9. The van der Waals surface area contributed by atoms with Gasteiger partial charge < -0.3 is 15.5 Å². The minimum atomic E-state index is 0.105. The largest absolute Gasteiger partial charge is 0.356 e. The highest BCUT2D eigenvalue weighted by Crippen LogP contribution is 2.12. The Morgan fingerprint density at radius 1 is 1.26 bits per heavy atom. The maximum absolute atomic E-state index is 11.9. The third-order valence-electron chi connectivity index (χ3n) is 4.51. The molecule has 1 heterocycles. The summed E-state index contributed by atoms with van der Waals surface area (Å²) in [5.74, 6) is 1.06. The third-order valence-corrected chi connectivity index (χ3v) is 5.01. The van der Waals surface area contributed by atoms with Crippen molar-refractivity contribution in [1.82, 2.24) is 20.4 Å². The van der Waals surface area contributed by atoms with Crippen molar-refractivity contribution in [1.29, 1.82) is 0 Å². The number of hydrogen-bond acceptors (Lipinski definition) is 3. The van der Waals surface area contributed by atoms with E-state index in [2.05, 4.69) is 65.6 Å². The number of piperazine rings is 1. The number of nitrogens with zero attached hydrogens (tertiary/aromatic N) is 3. The van der Waals surface area contributed by atoms with Crippen LogP contribution in [0.4, 0.5) is 0 Å². The highest BCUT2D eigenvalue weighted by molar-refractivity contribution is 9.10. The van der Waals surface area contributed by atoms with Gasteiger partial charge >= 0.3 is 0 Å². The molecule has 0 radical (unpaired) electrons.